The zero-order chi connectivity index (χ0) is 12.8. The van der Waals surface area contributed by atoms with Gasteiger partial charge in [-0.1, -0.05) is 24.3 Å². The number of rotatable bonds is 4. The fraction of sp³-hybridized carbons (Fsp3) is 0.167. The Kier molecular flexibility index (Phi) is 4.28. The van der Waals surface area contributed by atoms with Crippen LogP contribution in [-0.2, 0) is 4.79 Å². The molecule has 1 rings (SSSR count). The van der Waals surface area contributed by atoms with Crippen molar-refractivity contribution in [2.45, 2.75) is 6.42 Å². The summed E-state index contributed by atoms with van der Waals surface area (Å²) in [6, 6.07) is 6.52. The molecule has 90 valence electrons. The first kappa shape index (κ1) is 12.8. The summed E-state index contributed by atoms with van der Waals surface area (Å²) < 4.78 is 0. The van der Waals surface area contributed by atoms with E-state index in [0.717, 1.165) is 5.56 Å². The molecule has 0 fully saturated rings. The van der Waals surface area contributed by atoms with Crippen molar-refractivity contribution in [2.75, 3.05) is 11.9 Å². The Morgan fingerprint density at radius 1 is 1.35 bits per heavy atom. The Labute approximate surface area is 99.1 Å². The van der Waals surface area contributed by atoms with E-state index in [2.05, 4.69) is 0 Å². The van der Waals surface area contributed by atoms with E-state index in [9.17, 15) is 9.59 Å². The standard InChI is InChI=1S/C12H14N2O3/c1-14(12(13)17)10-7-5-9(6-8-10)3-2-4-11(15)16/h2-3,5-8H,4H2,1H3,(H2,13,17)(H,15,16). The molecule has 0 aliphatic carbocycles. The lowest BCUT2D eigenvalue weighted by Crippen LogP contribution is -2.31. The van der Waals surface area contributed by atoms with Crippen LogP contribution in [0.1, 0.15) is 12.0 Å². The Morgan fingerprint density at radius 3 is 2.41 bits per heavy atom. The Morgan fingerprint density at radius 2 is 1.94 bits per heavy atom. The van der Waals surface area contributed by atoms with Gasteiger partial charge in [-0.15, -0.1) is 0 Å². The van der Waals surface area contributed by atoms with E-state index in [1.807, 2.05) is 0 Å². The van der Waals surface area contributed by atoms with Crippen molar-refractivity contribution in [2.24, 2.45) is 5.73 Å². The van der Waals surface area contributed by atoms with Gasteiger partial charge in [-0.25, -0.2) is 4.79 Å². The zero-order valence-corrected chi connectivity index (χ0v) is 9.46. The van der Waals surface area contributed by atoms with Gasteiger partial charge in [0.2, 0.25) is 0 Å². The summed E-state index contributed by atoms with van der Waals surface area (Å²) >= 11 is 0. The van der Waals surface area contributed by atoms with E-state index < -0.39 is 12.0 Å². The molecule has 0 unspecified atom stereocenters. The number of amides is 2. The normalized spacial score (nSPS) is 10.4. The van der Waals surface area contributed by atoms with Gasteiger partial charge in [0.25, 0.3) is 0 Å². The molecule has 2 amide bonds. The fourth-order valence-corrected chi connectivity index (χ4v) is 1.23. The minimum atomic E-state index is -0.869. The summed E-state index contributed by atoms with van der Waals surface area (Å²) in [7, 11) is 1.58. The first-order chi connectivity index (χ1) is 8.00. The van der Waals surface area contributed by atoms with Gasteiger partial charge in [-0.05, 0) is 17.7 Å². The number of nitrogens with zero attached hydrogens (tertiary/aromatic N) is 1. The highest BCUT2D eigenvalue weighted by molar-refractivity contribution is 5.90. The number of nitrogens with two attached hydrogens (primary N) is 1. The predicted octanol–water partition coefficient (Wildman–Crippen LogP) is 1.69. The highest BCUT2D eigenvalue weighted by Crippen LogP contribution is 2.14. The molecule has 0 aliphatic rings. The zero-order valence-electron chi connectivity index (χ0n) is 9.46. The third-order valence-corrected chi connectivity index (χ3v) is 2.21. The first-order valence-corrected chi connectivity index (χ1v) is 5.02. The molecular formula is C12H14N2O3. The maximum atomic E-state index is 10.9. The van der Waals surface area contributed by atoms with Crippen molar-refractivity contribution in [3.8, 4) is 0 Å². The molecular weight excluding hydrogens is 220 g/mol. The molecule has 1 aromatic rings. The second-order valence-corrected chi connectivity index (χ2v) is 3.49. The van der Waals surface area contributed by atoms with Crippen molar-refractivity contribution in [3.05, 3.63) is 35.9 Å². The molecule has 17 heavy (non-hydrogen) atoms. The third kappa shape index (κ3) is 3.98. The number of hydrogen-bond donors (Lipinski definition) is 2. The molecule has 3 N–H and O–H groups in total. The number of primary amides is 1. The van der Waals surface area contributed by atoms with Crippen molar-refractivity contribution in [3.63, 3.8) is 0 Å². The highest BCUT2D eigenvalue weighted by atomic mass is 16.4. The molecule has 0 atom stereocenters. The lowest BCUT2D eigenvalue weighted by atomic mass is 10.2. The first-order valence-electron chi connectivity index (χ1n) is 5.02. The van der Waals surface area contributed by atoms with E-state index in [0.29, 0.717) is 5.69 Å². The Hall–Kier alpha value is -2.30. The smallest absolute Gasteiger partial charge is 0.318 e. The van der Waals surface area contributed by atoms with E-state index in [4.69, 9.17) is 10.8 Å². The number of hydrogen-bond acceptors (Lipinski definition) is 2. The molecule has 5 heteroatoms. The number of anilines is 1. The van der Waals surface area contributed by atoms with Crippen molar-refractivity contribution in [1.82, 2.24) is 0 Å². The van der Waals surface area contributed by atoms with Gasteiger partial charge < -0.3 is 10.8 Å². The van der Waals surface area contributed by atoms with Crippen LogP contribution in [0.2, 0.25) is 0 Å². The van der Waals surface area contributed by atoms with Crippen LogP contribution in [0.25, 0.3) is 6.08 Å². The second-order valence-electron chi connectivity index (χ2n) is 3.49. The molecule has 1 aromatic carbocycles. The van der Waals surface area contributed by atoms with Crippen LogP contribution >= 0.6 is 0 Å². The average Bonchev–Trinajstić information content (AvgIpc) is 2.28. The van der Waals surface area contributed by atoms with Gasteiger partial charge in [0.05, 0.1) is 6.42 Å². The summed E-state index contributed by atoms with van der Waals surface area (Å²) in [6.45, 7) is 0. The van der Waals surface area contributed by atoms with Crippen LogP contribution in [0.3, 0.4) is 0 Å². The fourth-order valence-electron chi connectivity index (χ4n) is 1.23. The monoisotopic (exact) mass is 234 g/mol. The summed E-state index contributed by atoms with van der Waals surface area (Å²) in [5, 5.41) is 8.46. The van der Waals surface area contributed by atoms with Crippen LogP contribution < -0.4 is 10.6 Å². The summed E-state index contributed by atoms with van der Waals surface area (Å²) in [5.74, 6) is -0.869. The molecule has 0 spiro atoms. The van der Waals surface area contributed by atoms with Gasteiger partial charge in [0.15, 0.2) is 0 Å². The number of carbonyl (C=O) groups is 2. The van der Waals surface area contributed by atoms with Crippen LogP contribution in [0.15, 0.2) is 30.3 Å². The maximum Gasteiger partial charge on any atom is 0.318 e. The van der Waals surface area contributed by atoms with Crippen molar-refractivity contribution in [1.29, 1.82) is 0 Å². The predicted molar refractivity (Wildman–Crippen MR) is 65.7 cm³/mol. The Bertz CT molecular complexity index is 438. The number of aliphatic carboxylic acids is 1. The molecule has 0 aromatic heterocycles. The lowest BCUT2D eigenvalue weighted by molar-refractivity contribution is -0.135. The summed E-state index contributed by atoms with van der Waals surface area (Å²) in [6.07, 6.45) is 3.26. The van der Waals surface area contributed by atoms with Crippen LogP contribution in [0.4, 0.5) is 10.5 Å². The molecule has 0 bridgehead atoms. The molecule has 0 aliphatic heterocycles. The molecule has 0 heterocycles. The highest BCUT2D eigenvalue weighted by Gasteiger charge is 2.04. The number of carboxylic acids is 1. The van der Waals surface area contributed by atoms with Gasteiger partial charge in [-0.3, -0.25) is 9.69 Å². The Balaban J connectivity index is 2.71. The van der Waals surface area contributed by atoms with E-state index >= 15 is 0 Å². The van der Waals surface area contributed by atoms with Crippen molar-refractivity contribution < 1.29 is 14.7 Å². The average molecular weight is 234 g/mol. The summed E-state index contributed by atoms with van der Waals surface area (Å²) in [5.41, 5.74) is 6.68. The SMILES string of the molecule is CN(C(N)=O)c1ccc(C=CCC(=O)O)cc1. The second kappa shape index (κ2) is 5.69. The van der Waals surface area contributed by atoms with Crippen molar-refractivity contribution >= 4 is 23.8 Å². The molecule has 0 saturated heterocycles. The quantitative estimate of drug-likeness (QED) is 0.831. The molecule has 5 nitrogen and oxygen atoms in total. The molecule has 0 radical (unpaired) electrons. The third-order valence-electron chi connectivity index (χ3n) is 2.21. The van der Waals surface area contributed by atoms with Crippen LogP contribution in [0, 0.1) is 0 Å². The number of carboxylic acid groups (broad SMARTS) is 1. The summed E-state index contributed by atoms with van der Waals surface area (Å²) in [4.78, 5) is 22.5. The lowest BCUT2D eigenvalue weighted by Gasteiger charge is -2.13. The van der Waals surface area contributed by atoms with E-state index in [1.54, 1.807) is 43.5 Å². The van der Waals surface area contributed by atoms with Gasteiger partial charge in [-0.2, -0.15) is 0 Å². The minimum Gasteiger partial charge on any atom is -0.481 e. The topological polar surface area (TPSA) is 83.6 Å². The van der Waals surface area contributed by atoms with Crippen LogP contribution in [0.5, 0.6) is 0 Å². The largest absolute Gasteiger partial charge is 0.481 e. The van der Waals surface area contributed by atoms with Crippen LogP contribution in [-0.4, -0.2) is 24.2 Å². The number of benzene rings is 1. The molecule has 0 saturated carbocycles. The van der Waals surface area contributed by atoms with E-state index in [-0.39, 0.29) is 6.42 Å². The van der Waals surface area contributed by atoms with Gasteiger partial charge >= 0.3 is 12.0 Å². The van der Waals surface area contributed by atoms with Gasteiger partial charge in [0.1, 0.15) is 0 Å². The van der Waals surface area contributed by atoms with Gasteiger partial charge in [0, 0.05) is 12.7 Å². The minimum absolute atomic E-state index is 0.0110. The number of carbonyl (C=O) groups excluding carboxylic acids is 1. The van der Waals surface area contributed by atoms with E-state index in [1.165, 1.54) is 4.90 Å². The maximum absolute atomic E-state index is 10.9. The number of urea groups is 1.